The van der Waals surface area contributed by atoms with Crippen molar-refractivity contribution in [2.45, 2.75) is 66.1 Å². The maximum absolute atomic E-state index is 6.33. The molecule has 0 amide bonds. The molecule has 0 fully saturated rings. The summed E-state index contributed by atoms with van der Waals surface area (Å²) in [7, 11) is 0. The van der Waals surface area contributed by atoms with Crippen molar-refractivity contribution in [1.29, 1.82) is 0 Å². The molecule has 1 nitrogen and oxygen atoms in total. The molecule has 0 saturated heterocycles. The molecule has 0 aliphatic heterocycles. The number of hydrogen-bond donors (Lipinski definition) is 0. The van der Waals surface area contributed by atoms with Crippen LogP contribution in [0.1, 0.15) is 66.1 Å². The smallest absolute Gasteiger partial charge is 0.0804 e. The first-order valence-corrected chi connectivity index (χ1v) is 7.59. The Bertz CT molecular complexity index is 355. The Kier molecular flexibility index (Phi) is 6.06. The van der Waals surface area contributed by atoms with Gasteiger partial charge in [-0.15, -0.1) is 0 Å². The van der Waals surface area contributed by atoms with E-state index < -0.39 is 0 Å². The first-order chi connectivity index (χ1) is 8.86. The average Bonchev–Trinajstić information content (AvgIpc) is 2.39. The lowest BCUT2D eigenvalue weighted by atomic mass is 9.84. The van der Waals surface area contributed by atoms with E-state index in [1.807, 2.05) is 6.07 Å². The highest BCUT2D eigenvalue weighted by Crippen LogP contribution is 2.32. The second-order valence-electron chi connectivity index (χ2n) is 6.42. The van der Waals surface area contributed by atoms with E-state index in [1.54, 1.807) is 0 Å². The van der Waals surface area contributed by atoms with Crippen molar-refractivity contribution >= 4 is 0 Å². The van der Waals surface area contributed by atoms with Crippen LogP contribution in [0.15, 0.2) is 30.3 Å². The van der Waals surface area contributed by atoms with E-state index in [0.29, 0.717) is 5.92 Å². The van der Waals surface area contributed by atoms with Crippen LogP contribution in [0.3, 0.4) is 0 Å². The van der Waals surface area contributed by atoms with Crippen LogP contribution in [0.4, 0.5) is 0 Å². The molecule has 0 N–H and O–H groups in total. The quantitative estimate of drug-likeness (QED) is 0.620. The van der Waals surface area contributed by atoms with Crippen molar-refractivity contribution < 1.29 is 4.74 Å². The van der Waals surface area contributed by atoms with E-state index in [-0.39, 0.29) is 11.7 Å². The molecule has 19 heavy (non-hydrogen) atoms. The molecule has 1 aromatic rings. The highest BCUT2D eigenvalue weighted by atomic mass is 16.5. The van der Waals surface area contributed by atoms with Crippen LogP contribution in [-0.4, -0.2) is 5.60 Å². The van der Waals surface area contributed by atoms with Crippen LogP contribution in [0.25, 0.3) is 0 Å². The summed E-state index contributed by atoms with van der Waals surface area (Å²) in [5, 5.41) is 0. The van der Waals surface area contributed by atoms with E-state index in [0.717, 1.165) is 5.92 Å². The van der Waals surface area contributed by atoms with E-state index in [1.165, 1.54) is 18.4 Å². The number of hydrogen-bond acceptors (Lipinski definition) is 1. The van der Waals surface area contributed by atoms with E-state index in [2.05, 4.69) is 65.8 Å². The Morgan fingerprint density at radius 1 is 1.05 bits per heavy atom. The molecule has 108 valence electrons. The van der Waals surface area contributed by atoms with Crippen molar-refractivity contribution in [1.82, 2.24) is 0 Å². The molecule has 1 heteroatoms. The Morgan fingerprint density at radius 3 is 2.16 bits per heavy atom. The van der Waals surface area contributed by atoms with Crippen LogP contribution >= 0.6 is 0 Å². The Labute approximate surface area is 119 Å². The second kappa shape index (κ2) is 7.09. The molecule has 0 aliphatic carbocycles. The van der Waals surface area contributed by atoms with Crippen molar-refractivity contribution in [3.8, 4) is 0 Å². The molecule has 0 saturated carbocycles. The van der Waals surface area contributed by atoms with Gasteiger partial charge in [0.2, 0.25) is 0 Å². The van der Waals surface area contributed by atoms with Crippen molar-refractivity contribution in [2.75, 3.05) is 0 Å². The first kappa shape index (κ1) is 16.2. The molecule has 0 bridgehead atoms. The van der Waals surface area contributed by atoms with E-state index in [4.69, 9.17) is 4.74 Å². The van der Waals surface area contributed by atoms with Gasteiger partial charge in [0.1, 0.15) is 0 Å². The lowest BCUT2D eigenvalue weighted by Gasteiger charge is -2.36. The van der Waals surface area contributed by atoms with E-state index in [9.17, 15) is 0 Å². The Hall–Kier alpha value is -0.820. The molecule has 3 unspecified atom stereocenters. The summed E-state index contributed by atoms with van der Waals surface area (Å²) >= 11 is 0. The van der Waals surface area contributed by atoms with Crippen LogP contribution in [0.2, 0.25) is 0 Å². The van der Waals surface area contributed by atoms with Gasteiger partial charge in [-0.05, 0) is 44.6 Å². The third-order valence-electron chi connectivity index (χ3n) is 4.39. The van der Waals surface area contributed by atoms with Crippen molar-refractivity contribution in [3.05, 3.63) is 35.9 Å². The fraction of sp³-hybridized carbons (Fsp3) is 0.667. The van der Waals surface area contributed by atoms with Crippen LogP contribution < -0.4 is 0 Å². The molecule has 1 rings (SSSR count). The Morgan fingerprint density at radius 2 is 1.63 bits per heavy atom. The van der Waals surface area contributed by atoms with Gasteiger partial charge in [-0.3, -0.25) is 0 Å². The van der Waals surface area contributed by atoms with Crippen LogP contribution in [-0.2, 0) is 4.74 Å². The summed E-state index contributed by atoms with van der Waals surface area (Å²) in [6.45, 7) is 13.5. The van der Waals surface area contributed by atoms with Crippen LogP contribution in [0.5, 0.6) is 0 Å². The number of benzene rings is 1. The Balaban J connectivity index is 2.63. The predicted molar refractivity (Wildman–Crippen MR) is 83.3 cm³/mol. The normalized spacial score (nSPS) is 16.9. The summed E-state index contributed by atoms with van der Waals surface area (Å²) in [5.74, 6) is 1.33. The summed E-state index contributed by atoms with van der Waals surface area (Å²) in [5.41, 5.74) is 1.17. The van der Waals surface area contributed by atoms with Gasteiger partial charge in [0.25, 0.3) is 0 Å². The highest BCUT2D eigenvalue weighted by molar-refractivity contribution is 5.17. The van der Waals surface area contributed by atoms with Gasteiger partial charge in [0, 0.05) is 0 Å². The molecular weight excluding hydrogens is 232 g/mol. The zero-order valence-electron chi connectivity index (χ0n) is 13.4. The van der Waals surface area contributed by atoms with Gasteiger partial charge in [-0.2, -0.15) is 0 Å². The van der Waals surface area contributed by atoms with Gasteiger partial charge in [-0.1, -0.05) is 57.5 Å². The maximum Gasteiger partial charge on any atom is 0.0804 e. The fourth-order valence-electron chi connectivity index (χ4n) is 2.42. The summed E-state index contributed by atoms with van der Waals surface area (Å²) in [6, 6.07) is 10.5. The molecule has 0 radical (unpaired) electrons. The van der Waals surface area contributed by atoms with Gasteiger partial charge in [0.05, 0.1) is 11.7 Å². The monoisotopic (exact) mass is 262 g/mol. The minimum absolute atomic E-state index is 0.0846. The molecular formula is C18H30O. The first-order valence-electron chi connectivity index (χ1n) is 7.59. The zero-order chi connectivity index (χ0) is 14.5. The largest absolute Gasteiger partial charge is 0.368 e. The topological polar surface area (TPSA) is 9.23 Å². The second-order valence-corrected chi connectivity index (χ2v) is 6.42. The van der Waals surface area contributed by atoms with Crippen LogP contribution in [0, 0.1) is 11.8 Å². The van der Waals surface area contributed by atoms with E-state index >= 15 is 0 Å². The highest BCUT2D eigenvalue weighted by Gasteiger charge is 2.29. The predicted octanol–water partition coefficient (Wildman–Crippen LogP) is 5.62. The number of rotatable bonds is 7. The third kappa shape index (κ3) is 4.99. The minimum Gasteiger partial charge on any atom is -0.368 e. The SMILES string of the molecule is CCC(C)CC(C)C(C)(C)OC(C)c1ccccc1. The average molecular weight is 262 g/mol. The molecule has 0 spiro atoms. The van der Waals surface area contributed by atoms with Gasteiger partial charge >= 0.3 is 0 Å². The summed E-state index contributed by atoms with van der Waals surface area (Å²) in [4.78, 5) is 0. The van der Waals surface area contributed by atoms with Crippen molar-refractivity contribution in [2.24, 2.45) is 11.8 Å². The third-order valence-corrected chi connectivity index (χ3v) is 4.39. The molecule has 1 aromatic carbocycles. The summed E-state index contributed by atoms with van der Waals surface area (Å²) in [6.07, 6.45) is 2.62. The number of ether oxygens (including phenoxy) is 1. The van der Waals surface area contributed by atoms with Crippen molar-refractivity contribution in [3.63, 3.8) is 0 Å². The molecule has 0 heterocycles. The maximum atomic E-state index is 6.33. The fourth-order valence-corrected chi connectivity index (χ4v) is 2.42. The lowest BCUT2D eigenvalue weighted by Crippen LogP contribution is -2.34. The standard InChI is InChI=1S/C18H30O/c1-7-14(2)13-15(3)18(5,6)19-16(4)17-11-9-8-10-12-17/h8-12,14-16H,7,13H2,1-6H3. The lowest BCUT2D eigenvalue weighted by molar-refractivity contribution is -0.101. The minimum atomic E-state index is -0.0846. The van der Waals surface area contributed by atoms with Gasteiger partial charge < -0.3 is 4.74 Å². The van der Waals surface area contributed by atoms with Gasteiger partial charge in [-0.25, -0.2) is 0 Å². The molecule has 3 atom stereocenters. The molecule has 0 aromatic heterocycles. The molecule has 0 aliphatic rings. The zero-order valence-corrected chi connectivity index (χ0v) is 13.4. The van der Waals surface area contributed by atoms with Gasteiger partial charge in [0.15, 0.2) is 0 Å². The summed E-state index contributed by atoms with van der Waals surface area (Å²) < 4.78 is 6.33.